The zero-order valence-corrected chi connectivity index (χ0v) is 22.4. The van der Waals surface area contributed by atoms with E-state index in [0.29, 0.717) is 36.5 Å². The summed E-state index contributed by atoms with van der Waals surface area (Å²) >= 11 is 1.10. The smallest absolute Gasteiger partial charge is 0.407 e. The molecule has 0 unspecified atom stereocenters. The first kappa shape index (κ1) is 26.4. The van der Waals surface area contributed by atoms with Gasteiger partial charge in [0, 0.05) is 44.9 Å². The van der Waals surface area contributed by atoms with Crippen molar-refractivity contribution in [3.63, 3.8) is 0 Å². The van der Waals surface area contributed by atoms with E-state index in [2.05, 4.69) is 29.3 Å². The molecule has 2 N–H and O–H groups in total. The van der Waals surface area contributed by atoms with Gasteiger partial charge < -0.3 is 20.1 Å². The Balaban J connectivity index is 1.81. The molecule has 1 saturated heterocycles. The molecule has 2 heterocycles. The van der Waals surface area contributed by atoms with Crippen LogP contribution in [-0.2, 0) is 14.8 Å². The number of sulfonamides is 1. The lowest BCUT2D eigenvalue weighted by Gasteiger charge is -2.25. The first-order chi connectivity index (χ1) is 15.9. The van der Waals surface area contributed by atoms with Gasteiger partial charge in [0.25, 0.3) is 10.0 Å². The van der Waals surface area contributed by atoms with E-state index in [4.69, 9.17) is 9.84 Å². The first-order valence-electron chi connectivity index (χ1n) is 10.9. The number of carbonyl (C=O) groups is 1. The zero-order valence-electron chi connectivity index (χ0n) is 19.7. The molecule has 2 aromatic rings. The van der Waals surface area contributed by atoms with E-state index in [0.717, 1.165) is 27.9 Å². The van der Waals surface area contributed by atoms with Crippen molar-refractivity contribution in [2.45, 2.75) is 50.0 Å². The van der Waals surface area contributed by atoms with Crippen molar-refractivity contribution in [3.8, 4) is 0 Å². The quantitative estimate of drug-likeness (QED) is 0.268. The van der Waals surface area contributed by atoms with Crippen LogP contribution < -0.4 is 9.62 Å². The Morgan fingerprint density at radius 2 is 2.15 bits per heavy atom. The summed E-state index contributed by atoms with van der Waals surface area (Å²) in [5.41, 5.74) is 1.29. The minimum atomic E-state index is -4.26. The van der Waals surface area contributed by atoms with Crippen LogP contribution in [0.4, 0.5) is 20.6 Å². The Kier molecular flexibility index (Phi) is 8.21. The minimum absolute atomic E-state index is 0.176. The van der Waals surface area contributed by atoms with Gasteiger partial charge in [0.1, 0.15) is 17.4 Å². The molecular weight excluding hydrogens is 499 g/mol. The summed E-state index contributed by atoms with van der Waals surface area (Å²) in [7, 11) is -5.62. The van der Waals surface area contributed by atoms with Crippen molar-refractivity contribution in [3.05, 3.63) is 35.1 Å². The van der Waals surface area contributed by atoms with Crippen LogP contribution in [0.1, 0.15) is 12.0 Å². The molecule has 0 saturated carbocycles. The van der Waals surface area contributed by atoms with Crippen molar-refractivity contribution in [2.75, 3.05) is 36.0 Å². The fourth-order valence-corrected chi connectivity index (χ4v) is 6.34. The predicted octanol–water partition coefficient (Wildman–Crippen LogP) is 4.26. The van der Waals surface area contributed by atoms with E-state index in [9.17, 15) is 13.2 Å². The highest BCUT2D eigenvalue weighted by molar-refractivity contribution is 7.92. The number of halogens is 1. The number of benzene rings is 1. The number of nitrogens with zero attached hydrogens (tertiary/aromatic N) is 3. The number of amides is 1. The van der Waals surface area contributed by atoms with E-state index < -0.39 is 34.9 Å². The fraction of sp³-hybridized carbons (Fsp3) is 0.524. The van der Waals surface area contributed by atoms with Gasteiger partial charge in [-0.05, 0) is 48.6 Å². The minimum Gasteiger partial charge on any atom is -0.465 e. The van der Waals surface area contributed by atoms with Gasteiger partial charge in [-0.15, -0.1) is 0 Å². The van der Waals surface area contributed by atoms with E-state index in [1.54, 1.807) is 12.3 Å². The van der Waals surface area contributed by atoms with Gasteiger partial charge in [0.05, 0.1) is 11.9 Å². The number of aromatic nitrogens is 1. The summed E-state index contributed by atoms with van der Waals surface area (Å²) in [5, 5.41) is 13.8. The molecule has 1 aromatic heterocycles. The van der Waals surface area contributed by atoms with Gasteiger partial charge in [-0.1, -0.05) is 19.6 Å². The first-order valence-corrected chi connectivity index (χ1v) is 16.9. The number of carboxylic acid groups (broad SMARTS) is 1. The third-order valence-electron chi connectivity index (χ3n) is 5.58. The van der Waals surface area contributed by atoms with Gasteiger partial charge in [0.2, 0.25) is 0 Å². The molecule has 188 valence electrons. The highest BCUT2D eigenvalue weighted by Gasteiger charge is 2.31. The summed E-state index contributed by atoms with van der Waals surface area (Å²) in [5.74, 6) is -0.892. The summed E-state index contributed by atoms with van der Waals surface area (Å²) in [6, 6.07) is 3.15. The Labute approximate surface area is 204 Å². The zero-order chi connectivity index (χ0) is 25.1. The maximum atomic E-state index is 15.2. The topological polar surface area (TPSA) is 112 Å². The molecule has 0 aliphatic carbocycles. The molecule has 9 nitrogen and oxygen atoms in total. The number of aryl methyl sites for hydroxylation is 1. The Morgan fingerprint density at radius 3 is 2.74 bits per heavy atom. The molecular formula is C21H31FN4O5S2Si. The van der Waals surface area contributed by atoms with Crippen LogP contribution in [0.5, 0.6) is 0 Å². The number of nitrogens with one attached hydrogen (secondary N) is 1. The normalized spacial score (nSPS) is 16.6. The molecule has 1 aromatic carbocycles. The highest BCUT2D eigenvalue weighted by atomic mass is 32.2. The maximum absolute atomic E-state index is 15.2. The Hall–Kier alpha value is -2.22. The Bertz CT molecular complexity index is 1110. The summed E-state index contributed by atoms with van der Waals surface area (Å²) < 4.78 is 52.8. The Morgan fingerprint density at radius 1 is 1.41 bits per heavy atom. The van der Waals surface area contributed by atoms with E-state index >= 15 is 4.39 Å². The van der Waals surface area contributed by atoms with Gasteiger partial charge >= 0.3 is 6.09 Å². The monoisotopic (exact) mass is 530 g/mol. The average molecular weight is 531 g/mol. The van der Waals surface area contributed by atoms with Crippen LogP contribution >= 0.6 is 11.5 Å². The summed E-state index contributed by atoms with van der Waals surface area (Å²) in [6.45, 7) is 9.14. The molecule has 0 bridgehead atoms. The largest absolute Gasteiger partial charge is 0.465 e. The number of rotatable bonds is 10. The number of likely N-dealkylation sites (tertiary alicyclic amines) is 1. The lowest BCUT2D eigenvalue weighted by molar-refractivity contribution is 0.155. The van der Waals surface area contributed by atoms with Crippen LogP contribution in [-0.4, -0.2) is 69.4 Å². The maximum Gasteiger partial charge on any atom is 0.407 e. The molecule has 0 radical (unpaired) electrons. The lowest BCUT2D eigenvalue weighted by atomic mass is 10.1. The second kappa shape index (κ2) is 10.6. The molecule has 1 aliphatic heterocycles. The van der Waals surface area contributed by atoms with E-state index in [-0.39, 0.29) is 19.3 Å². The third-order valence-corrected chi connectivity index (χ3v) is 9.62. The molecule has 1 atom stereocenters. The van der Waals surface area contributed by atoms with Crippen LogP contribution in [0.25, 0.3) is 0 Å². The van der Waals surface area contributed by atoms with Gasteiger partial charge in [-0.25, -0.2) is 21.9 Å². The van der Waals surface area contributed by atoms with Gasteiger partial charge in [-0.2, -0.15) is 4.37 Å². The summed E-state index contributed by atoms with van der Waals surface area (Å²) in [6.07, 6.45) is 1.00. The van der Waals surface area contributed by atoms with Crippen molar-refractivity contribution >= 4 is 47.1 Å². The summed E-state index contributed by atoms with van der Waals surface area (Å²) in [4.78, 5) is 12.0. The van der Waals surface area contributed by atoms with Crippen molar-refractivity contribution < 1.29 is 27.4 Å². The van der Waals surface area contributed by atoms with Crippen LogP contribution in [0.3, 0.4) is 0 Å². The second-order valence-electron chi connectivity index (χ2n) is 9.54. The standard InChI is InChI=1S/C21H31FN4O5S2Si/c1-15-9-20(18(22)10-19(15)24-16-5-6-25(12-16)21(27)28)33(29,30)26(17-11-23-32-13-17)14-31-7-8-34(2,3)4/h9-11,13,16,24H,5-8,12,14H2,1-4H3,(H,27,28)/t16-/m0/s1. The van der Waals surface area contributed by atoms with Crippen LogP contribution in [0.2, 0.25) is 25.7 Å². The molecule has 34 heavy (non-hydrogen) atoms. The molecule has 3 rings (SSSR count). The fourth-order valence-electron chi connectivity index (χ4n) is 3.53. The van der Waals surface area contributed by atoms with Gasteiger partial charge in [-0.3, -0.25) is 0 Å². The second-order valence-corrected chi connectivity index (χ2v) is 17.6. The van der Waals surface area contributed by atoms with Crippen molar-refractivity contribution in [1.82, 2.24) is 9.27 Å². The number of hydrogen-bond donors (Lipinski definition) is 2. The SMILES string of the molecule is Cc1cc(S(=O)(=O)N(COCC[Si](C)(C)C)c2cnsc2)c(F)cc1N[C@H]1CCN(C(=O)O)C1. The number of anilines is 2. The average Bonchev–Trinajstić information content (AvgIpc) is 3.41. The molecule has 13 heteroatoms. The number of ether oxygens (including phenoxy) is 1. The molecule has 0 spiro atoms. The predicted molar refractivity (Wildman–Crippen MR) is 134 cm³/mol. The lowest BCUT2D eigenvalue weighted by Crippen LogP contribution is -2.34. The van der Waals surface area contributed by atoms with Crippen molar-refractivity contribution in [2.24, 2.45) is 0 Å². The number of hydrogen-bond acceptors (Lipinski definition) is 7. The molecule has 1 amide bonds. The third kappa shape index (κ3) is 6.46. The van der Waals surface area contributed by atoms with Crippen LogP contribution in [0.15, 0.2) is 28.6 Å². The van der Waals surface area contributed by atoms with Crippen molar-refractivity contribution in [1.29, 1.82) is 0 Å². The van der Waals surface area contributed by atoms with Gasteiger partial charge in [0.15, 0.2) is 0 Å². The van der Waals surface area contributed by atoms with Crippen LogP contribution in [0, 0.1) is 12.7 Å². The van der Waals surface area contributed by atoms with E-state index in [1.165, 1.54) is 17.2 Å². The highest BCUT2D eigenvalue weighted by Crippen LogP contribution is 2.30. The van der Waals surface area contributed by atoms with E-state index in [1.807, 2.05) is 0 Å². The molecule has 1 fully saturated rings. The molecule has 1 aliphatic rings.